The lowest BCUT2D eigenvalue weighted by Gasteiger charge is -2.24. The Balaban J connectivity index is 2.68. The van der Waals surface area contributed by atoms with E-state index in [4.69, 9.17) is 4.43 Å². The Kier molecular flexibility index (Phi) is 2.55. The van der Waals surface area contributed by atoms with Crippen LogP contribution < -0.4 is 5.19 Å². The third-order valence-corrected chi connectivity index (χ3v) is 6.27. The van der Waals surface area contributed by atoms with Gasteiger partial charge in [-0.25, -0.2) is 0 Å². The Morgan fingerprint density at radius 2 is 1.81 bits per heavy atom. The summed E-state index contributed by atoms with van der Waals surface area (Å²) in [4.78, 5) is 0. The summed E-state index contributed by atoms with van der Waals surface area (Å²) in [6, 6.07) is 4.55. The van der Waals surface area contributed by atoms with Gasteiger partial charge in [0.2, 0.25) is 8.32 Å². The molecule has 0 amide bonds. The van der Waals surface area contributed by atoms with Crippen LogP contribution in [0.1, 0.15) is 37.5 Å². The molecular weight excluding hydrogens is 212 g/mol. The van der Waals surface area contributed by atoms with Crippen LogP contribution in [0.15, 0.2) is 12.1 Å². The topological polar surface area (TPSA) is 9.23 Å². The van der Waals surface area contributed by atoms with Gasteiger partial charge in [-0.2, -0.15) is 0 Å². The van der Waals surface area contributed by atoms with Crippen molar-refractivity contribution in [2.45, 2.75) is 52.8 Å². The number of hydrogen-bond acceptors (Lipinski definition) is 1. The molecule has 0 fully saturated rings. The molecule has 0 atom stereocenters. The summed E-state index contributed by atoms with van der Waals surface area (Å²) in [5.74, 6) is 0. The second-order valence-electron chi connectivity index (χ2n) is 6.33. The maximum Gasteiger partial charge on any atom is 0.219 e. The van der Waals surface area contributed by atoms with E-state index in [1.165, 1.54) is 16.7 Å². The average molecular weight is 234 g/mol. The molecule has 0 aromatic heterocycles. The lowest BCUT2D eigenvalue weighted by Crippen LogP contribution is -2.42. The van der Waals surface area contributed by atoms with Crippen LogP contribution in [0.25, 0.3) is 0 Å². The molecule has 0 spiro atoms. The van der Waals surface area contributed by atoms with Crippen LogP contribution in [0.3, 0.4) is 0 Å². The van der Waals surface area contributed by atoms with Crippen molar-refractivity contribution in [3.05, 3.63) is 28.8 Å². The van der Waals surface area contributed by atoms with Crippen molar-refractivity contribution in [1.29, 1.82) is 0 Å². The zero-order chi connectivity index (χ0) is 12.1. The molecule has 88 valence electrons. The quantitative estimate of drug-likeness (QED) is 0.626. The highest BCUT2D eigenvalue weighted by Crippen LogP contribution is 2.31. The van der Waals surface area contributed by atoms with Gasteiger partial charge in [0.1, 0.15) is 0 Å². The Labute approximate surface area is 100.0 Å². The molecule has 0 radical (unpaired) electrons. The third-order valence-electron chi connectivity index (χ3n) is 3.51. The van der Waals surface area contributed by atoms with Gasteiger partial charge in [-0.05, 0) is 47.3 Å². The molecule has 1 aromatic rings. The molecule has 0 bridgehead atoms. The zero-order valence-corrected chi connectivity index (χ0v) is 12.3. The van der Waals surface area contributed by atoms with Gasteiger partial charge in [-0.1, -0.05) is 32.9 Å². The second kappa shape index (κ2) is 3.44. The normalized spacial score (nSPS) is 18.6. The average Bonchev–Trinajstić information content (AvgIpc) is 2.41. The first-order chi connectivity index (χ1) is 7.23. The lowest BCUT2D eigenvalue weighted by atomic mass is 9.83. The van der Waals surface area contributed by atoms with E-state index in [1.54, 1.807) is 5.19 Å². The van der Waals surface area contributed by atoms with E-state index < -0.39 is 8.32 Å². The van der Waals surface area contributed by atoms with Gasteiger partial charge in [0.15, 0.2) is 0 Å². The smallest absolute Gasteiger partial charge is 0.219 e. The molecule has 0 aliphatic carbocycles. The van der Waals surface area contributed by atoms with Gasteiger partial charge < -0.3 is 4.43 Å². The van der Waals surface area contributed by atoms with E-state index in [0.29, 0.717) is 0 Å². The van der Waals surface area contributed by atoms with Crippen molar-refractivity contribution in [2.24, 2.45) is 0 Å². The van der Waals surface area contributed by atoms with Gasteiger partial charge in [0.05, 0.1) is 6.61 Å². The Bertz CT molecular complexity index is 427. The van der Waals surface area contributed by atoms with Gasteiger partial charge in [-0.3, -0.25) is 0 Å². The van der Waals surface area contributed by atoms with E-state index in [9.17, 15) is 0 Å². The number of fused-ring (bicyclic) bond motifs is 1. The first-order valence-corrected chi connectivity index (χ1v) is 8.92. The van der Waals surface area contributed by atoms with E-state index in [1.807, 2.05) is 0 Å². The van der Waals surface area contributed by atoms with Crippen LogP contribution in [-0.2, 0) is 16.4 Å². The Hall–Kier alpha value is -0.603. The van der Waals surface area contributed by atoms with Gasteiger partial charge >= 0.3 is 0 Å². The first-order valence-electron chi connectivity index (χ1n) is 6.01. The Morgan fingerprint density at radius 3 is 2.38 bits per heavy atom. The van der Waals surface area contributed by atoms with E-state index in [2.05, 4.69) is 52.9 Å². The molecule has 1 aromatic carbocycles. The summed E-state index contributed by atoms with van der Waals surface area (Å²) in [5, 5.41) is 1.54. The summed E-state index contributed by atoms with van der Waals surface area (Å²) in [6.45, 7) is 14.5. The van der Waals surface area contributed by atoms with Gasteiger partial charge in [-0.15, -0.1) is 0 Å². The molecule has 1 nitrogen and oxygen atoms in total. The molecule has 2 heteroatoms. The van der Waals surface area contributed by atoms with Crippen molar-refractivity contribution in [3.63, 3.8) is 0 Å². The standard InChI is InChI=1S/C14H22OSi/c1-10-7-8-12(14(2,3)4)11-9-15-16(5,6)13(10)11/h7-8H,9H2,1-6H3. The molecule has 16 heavy (non-hydrogen) atoms. The van der Waals surface area contributed by atoms with Crippen molar-refractivity contribution >= 4 is 13.5 Å². The summed E-state index contributed by atoms with van der Waals surface area (Å²) in [6.07, 6.45) is 0. The predicted octanol–water partition coefficient (Wildman–Crippen LogP) is 3.23. The molecule has 2 rings (SSSR count). The number of benzene rings is 1. The predicted molar refractivity (Wildman–Crippen MR) is 71.8 cm³/mol. The minimum atomic E-state index is -1.62. The number of hydrogen-bond donors (Lipinski definition) is 0. The van der Waals surface area contributed by atoms with Gasteiger partial charge in [0.25, 0.3) is 0 Å². The van der Waals surface area contributed by atoms with E-state index in [-0.39, 0.29) is 5.41 Å². The van der Waals surface area contributed by atoms with Crippen LogP contribution in [0.4, 0.5) is 0 Å². The molecular formula is C14H22OSi. The summed E-state index contributed by atoms with van der Waals surface area (Å²) < 4.78 is 6.07. The van der Waals surface area contributed by atoms with Gasteiger partial charge in [0, 0.05) is 0 Å². The third kappa shape index (κ3) is 1.74. The summed E-state index contributed by atoms with van der Waals surface area (Å²) in [7, 11) is -1.62. The minimum Gasteiger partial charge on any atom is -0.409 e. The number of rotatable bonds is 0. The van der Waals surface area contributed by atoms with Crippen LogP contribution in [-0.4, -0.2) is 8.32 Å². The molecule has 0 N–H and O–H groups in total. The fraction of sp³-hybridized carbons (Fsp3) is 0.571. The van der Waals surface area contributed by atoms with Crippen LogP contribution in [0, 0.1) is 6.92 Å². The van der Waals surface area contributed by atoms with Crippen LogP contribution in [0.2, 0.25) is 13.1 Å². The van der Waals surface area contributed by atoms with Crippen molar-refractivity contribution in [3.8, 4) is 0 Å². The molecule has 1 aliphatic rings. The molecule has 1 aliphatic heterocycles. The maximum absolute atomic E-state index is 6.07. The zero-order valence-electron chi connectivity index (χ0n) is 11.3. The second-order valence-corrected chi connectivity index (χ2v) is 10.1. The van der Waals surface area contributed by atoms with Crippen molar-refractivity contribution < 1.29 is 4.43 Å². The lowest BCUT2D eigenvalue weighted by molar-refractivity contribution is 0.317. The molecule has 0 unspecified atom stereocenters. The highest BCUT2D eigenvalue weighted by molar-refractivity contribution is 6.85. The molecule has 0 saturated carbocycles. The fourth-order valence-corrected chi connectivity index (χ4v) is 5.40. The number of aryl methyl sites for hydroxylation is 1. The highest BCUT2D eigenvalue weighted by atomic mass is 28.4. The first kappa shape index (κ1) is 11.9. The SMILES string of the molecule is Cc1ccc(C(C)(C)C)c2c1[Si](C)(C)OC2. The van der Waals surface area contributed by atoms with E-state index >= 15 is 0 Å². The molecule has 1 heterocycles. The highest BCUT2D eigenvalue weighted by Gasteiger charge is 2.38. The minimum absolute atomic E-state index is 0.218. The largest absolute Gasteiger partial charge is 0.409 e. The summed E-state index contributed by atoms with van der Waals surface area (Å²) in [5.41, 5.74) is 4.57. The van der Waals surface area contributed by atoms with Crippen LogP contribution >= 0.6 is 0 Å². The summed E-state index contributed by atoms with van der Waals surface area (Å²) >= 11 is 0. The van der Waals surface area contributed by atoms with Crippen molar-refractivity contribution in [2.75, 3.05) is 0 Å². The Morgan fingerprint density at radius 1 is 1.19 bits per heavy atom. The van der Waals surface area contributed by atoms with Crippen molar-refractivity contribution in [1.82, 2.24) is 0 Å². The maximum atomic E-state index is 6.07. The monoisotopic (exact) mass is 234 g/mol. The van der Waals surface area contributed by atoms with E-state index in [0.717, 1.165) is 6.61 Å². The fourth-order valence-electron chi connectivity index (χ4n) is 2.78. The molecule has 0 saturated heterocycles. The van der Waals surface area contributed by atoms with Crippen LogP contribution in [0.5, 0.6) is 0 Å².